The zero-order chi connectivity index (χ0) is 14.2. The van der Waals surface area contributed by atoms with Gasteiger partial charge in [-0.2, -0.15) is 0 Å². The largest absolute Gasteiger partial charge is 0.480 e. The topological polar surface area (TPSA) is 75.6 Å². The number of esters is 1. The summed E-state index contributed by atoms with van der Waals surface area (Å²) < 4.78 is 4.80. The van der Waals surface area contributed by atoms with Gasteiger partial charge in [-0.3, -0.25) is 4.79 Å². The standard InChI is InChI=1S/C14H17NO4/c1-7-4-8(2)12-9(14(18)19-3)6-11(13(16)17)15-10(12)5-7/h4-5,9,11,15H,6H2,1-3H3,(H,16,17). The molecule has 2 rings (SSSR count). The molecular formula is C14H17NO4. The number of carbonyl (C=O) groups is 2. The third kappa shape index (κ3) is 2.41. The number of nitrogens with one attached hydrogen (secondary N) is 1. The van der Waals surface area contributed by atoms with Crippen molar-refractivity contribution in [2.45, 2.75) is 32.2 Å². The third-order valence-electron chi connectivity index (χ3n) is 3.46. The molecule has 1 aliphatic rings. The van der Waals surface area contributed by atoms with Gasteiger partial charge in [0.2, 0.25) is 0 Å². The Hall–Kier alpha value is -2.04. The summed E-state index contributed by atoms with van der Waals surface area (Å²) in [4.78, 5) is 23.1. The average molecular weight is 263 g/mol. The molecule has 1 heterocycles. The summed E-state index contributed by atoms with van der Waals surface area (Å²) >= 11 is 0. The van der Waals surface area contributed by atoms with Crippen LogP contribution in [0.15, 0.2) is 12.1 Å². The Bertz CT molecular complexity index is 538. The summed E-state index contributed by atoms with van der Waals surface area (Å²) in [5.74, 6) is -1.87. The van der Waals surface area contributed by atoms with E-state index in [1.54, 1.807) is 0 Å². The minimum Gasteiger partial charge on any atom is -0.480 e. The molecule has 2 unspecified atom stereocenters. The van der Waals surface area contributed by atoms with E-state index in [1.807, 2.05) is 26.0 Å². The van der Waals surface area contributed by atoms with Crippen molar-refractivity contribution in [2.24, 2.45) is 0 Å². The summed E-state index contributed by atoms with van der Waals surface area (Å²) in [5, 5.41) is 12.1. The van der Waals surface area contributed by atoms with Gasteiger partial charge in [0, 0.05) is 5.69 Å². The van der Waals surface area contributed by atoms with E-state index in [4.69, 9.17) is 9.84 Å². The van der Waals surface area contributed by atoms with Gasteiger partial charge in [-0.1, -0.05) is 6.07 Å². The van der Waals surface area contributed by atoms with E-state index < -0.39 is 17.9 Å². The fourth-order valence-electron chi connectivity index (χ4n) is 2.68. The van der Waals surface area contributed by atoms with Crippen molar-refractivity contribution in [1.29, 1.82) is 0 Å². The summed E-state index contributed by atoms with van der Waals surface area (Å²) in [6.45, 7) is 3.86. The molecule has 0 bridgehead atoms. The van der Waals surface area contributed by atoms with Crippen LogP contribution in [-0.2, 0) is 14.3 Å². The Morgan fingerprint density at radius 2 is 2.05 bits per heavy atom. The van der Waals surface area contributed by atoms with Gasteiger partial charge in [-0.15, -0.1) is 0 Å². The van der Waals surface area contributed by atoms with Crippen molar-refractivity contribution in [1.82, 2.24) is 0 Å². The highest BCUT2D eigenvalue weighted by Gasteiger charge is 2.36. The van der Waals surface area contributed by atoms with Gasteiger partial charge < -0.3 is 15.2 Å². The van der Waals surface area contributed by atoms with E-state index >= 15 is 0 Å². The first-order valence-corrected chi connectivity index (χ1v) is 6.12. The van der Waals surface area contributed by atoms with Crippen LogP contribution >= 0.6 is 0 Å². The van der Waals surface area contributed by atoms with E-state index in [2.05, 4.69) is 5.32 Å². The highest BCUT2D eigenvalue weighted by atomic mass is 16.5. The molecule has 0 radical (unpaired) electrons. The smallest absolute Gasteiger partial charge is 0.326 e. The molecule has 1 aromatic rings. The van der Waals surface area contributed by atoms with Crippen LogP contribution in [0, 0.1) is 13.8 Å². The molecule has 0 fully saturated rings. The molecule has 2 N–H and O–H groups in total. The monoisotopic (exact) mass is 263 g/mol. The number of carboxylic acid groups (broad SMARTS) is 1. The number of aryl methyl sites for hydroxylation is 2. The average Bonchev–Trinajstić information content (AvgIpc) is 2.35. The van der Waals surface area contributed by atoms with Crippen molar-refractivity contribution in [3.05, 3.63) is 28.8 Å². The van der Waals surface area contributed by atoms with Gasteiger partial charge in [-0.05, 0) is 43.0 Å². The number of hydrogen-bond donors (Lipinski definition) is 2. The van der Waals surface area contributed by atoms with Crippen LogP contribution in [0.5, 0.6) is 0 Å². The lowest BCUT2D eigenvalue weighted by molar-refractivity contribution is -0.143. The van der Waals surface area contributed by atoms with Crippen molar-refractivity contribution >= 4 is 17.6 Å². The first kappa shape index (κ1) is 13.4. The quantitative estimate of drug-likeness (QED) is 0.796. The second-order valence-electron chi connectivity index (χ2n) is 4.89. The van der Waals surface area contributed by atoms with E-state index in [0.717, 1.165) is 16.7 Å². The van der Waals surface area contributed by atoms with Crippen LogP contribution in [0.4, 0.5) is 5.69 Å². The molecule has 5 nitrogen and oxygen atoms in total. The highest BCUT2D eigenvalue weighted by Crippen LogP contribution is 2.38. The molecule has 1 aromatic carbocycles. The Balaban J connectivity index is 2.53. The number of carbonyl (C=O) groups excluding carboxylic acids is 1. The zero-order valence-corrected chi connectivity index (χ0v) is 11.2. The number of fused-ring (bicyclic) bond motifs is 1. The van der Waals surface area contributed by atoms with E-state index in [9.17, 15) is 9.59 Å². The van der Waals surface area contributed by atoms with Crippen molar-refractivity contribution < 1.29 is 19.4 Å². The Kier molecular flexibility index (Phi) is 3.46. The number of anilines is 1. The molecule has 19 heavy (non-hydrogen) atoms. The first-order chi connectivity index (χ1) is 8.93. The van der Waals surface area contributed by atoms with E-state index in [-0.39, 0.29) is 12.4 Å². The molecule has 0 aliphatic carbocycles. The molecule has 0 aromatic heterocycles. The molecule has 102 valence electrons. The SMILES string of the molecule is COC(=O)C1CC(C(=O)O)Nc2cc(C)cc(C)c21. The number of methoxy groups -OCH3 is 1. The van der Waals surface area contributed by atoms with Gasteiger partial charge in [0.25, 0.3) is 0 Å². The first-order valence-electron chi connectivity index (χ1n) is 6.12. The maximum Gasteiger partial charge on any atom is 0.326 e. The number of aliphatic carboxylic acids is 1. The van der Waals surface area contributed by atoms with Gasteiger partial charge in [0.1, 0.15) is 6.04 Å². The predicted octanol–water partition coefficient (Wildman–Crippen LogP) is 1.83. The highest BCUT2D eigenvalue weighted by molar-refractivity contribution is 5.87. The van der Waals surface area contributed by atoms with E-state index in [1.165, 1.54) is 7.11 Å². The normalized spacial score (nSPS) is 21.2. The number of ether oxygens (including phenoxy) is 1. The van der Waals surface area contributed by atoms with Gasteiger partial charge in [0.15, 0.2) is 0 Å². The molecule has 0 amide bonds. The lowest BCUT2D eigenvalue weighted by Gasteiger charge is -2.31. The van der Waals surface area contributed by atoms with E-state index in [0.29, 0.717) is 5.69 Å². The minimum absolute atomic E-state index is 0.207. The molecule has 0 saturated heterocycles. The predicted molar refractivity (Wildman–Crippen MR) is 70.3 cm³/mol. The van der Waals surface area contributed by atoms with Gasteiger partial charge in [0.05, 0.1) is 13.0 Å². The van der Waals surface area contributed by atoms with Crippen molar-refractivity contribution in [3.63, 3.8) is 0 Å². The maximum atomic E-state index is 11.9. The Morgan fingerprint density at radius 3 is 2.63 bits per heavy atom. The summed E-state index contributed by atoms with van der Waals surface area (Å²) in [6.07, 6.45) is 0.207. The molecule has 5 heteroatoms. The Labute approximate surface area is 111 Å². The Morgan fingerprint density at radius 1 is 1.37 bits per heavy atom. The third-order valence-corrected chi connectivity index (χ3v) is 3.46. The van der Waals surface area contributed by atoms with Crippen LogP contribution < -0.4 is 5.32 Å². The second-order valence-corrected chi connectivity index (χ2v) is 4.89. The molecule has 1 aliphatic heterocycles. The second kappa shape index (κ2) is 4.91. The van der Waals surface area contributed by atoms with Crippen LogP contribution in [0.25, 0.3) is 0 Å². The minimum atomic E-state index is -0.960. The molecule has 0 saturated carbocycles. The molecule has 2 atom stereocenters. The van der Waals surface area contributed by atoms with Crippen LogP contribution in [0.3, 0.4) is 0 Å². The number of carboxylic acids is 1. The van der Waals surface area contributed by atoms with Crippen LogP contribution in [0.1, 0.15) is 29.0 Å². The zero-order valence-electron chi connectivity index (χ0n) is 11.2. The fraction of sp³-hybridized carbons (Fsp3) is 0.429. The summed E-state index contributed by atoms with van der Waals surface area (Å²) in [7, 11) is 1.32. The fourth-order valence-corrected chi connectivity index (χ4v) is 2.68. The van der Waals surface area contributed by atoms with Crippen molar-refractivity contribution in [3.8, 4) is 0 Å². The number of benzene rings is 1. The van der Waals surface area contributed by atoms with Crippen LogP contribution in [0.2, 0.25) is 0 Å². The number of hydrogen-bond acceptors (Lipinski definition) is 4. The van der Waals surface area contributed by atoms with Crippen molar-refractivity contribution in [2.75, 3.05) is 12.4 Å². The van der Waals surface area contributed by atoms with Crippen LogP contribution in [-0.4, -0.2) is 30.2 Å². The summed E-state index contributed by atoms with van der Waals surface area (Å²) in [6, 6.07) is 3.09. The summed E-state index contributed by atoms with van der Waals surface area (Å²) in [5.41, 5.74) is 3.56. The lowest BCUT2D eigenvalue weighted by atomic mass is 9.83. The number of rotatable bonds is 2. The lowest BCUT2D eigenvalue weighted by Crippen LogP contribution is -2.38. The van der Waals surface area contributed by atoms with Gasteiger partial charge in [-0.25, -0.2) is 4.79 Å². The molecular weight excluding hydrogens is 246 g/mol. The maximum absolute atomic E-state index is 11.9. The van der Waals surface area contributed by atoms with Gasteiger partial charge >= 0.3 is 11.9 Å². The molecule has 0 spiro atoms.